The van der Waals surface area contributed by atoms with E-state index >= 15 is 0 Å². The highest BCUT2D eigenvalue weighted by molar-refractivity contribution is 8.03. The van der Waals surface area contributed by atoms with Gasteiger partial charge in [-0.3, -0.25) is 34.6 Å². The van der Waals surface area contributed by atoms with Gasteiger partial charge in [0.15, 0.2) is 5.69 Å². The molecule has 2 aromatic rings. The van der Waals surface area contributed by atoms with E-state index in [0.717, 1.165) is 6.07 Å². The number of nitrogens with zero attached hydrogens (tertiary/aromatic N) is 6. The van der Waals surface area contributed by atoms with Crippen LogP contribution in [0.2, 0.25) is 0 Å². The molecule has 210 valence electrons. The normalized spacial score (nSPS) is 10.4. The van der Waals surface area contributed by atoms with E-state index in [9.17, 15) is 34.6 Å². The van der Waals surface area contributed by atoms with E-state index in [2.05, 4.69) is 15.5 Å². The van der Waals surface area contributed by atoms with Crippen LogP contribution in [0.25, 0.3) is 0 Å². The maximum atomic E-state index is 11.9. The minimum Gasteiger partial charge on any atom is -0.464 e. The summed E-state index contributed by atoms with van der Waals surface area (Å²) in [5.74, 6) is -1.42. The van der Waals surface area contributed by atoms with E-state index in [0.29, 0.717) is 23.5 Å². The van der Waals surface area contributed by atoms with Crippen molar-refractivity contribution in [3.8, 4) is 5.40 Å². The Morgan fingerprint density at radius 2 is 1.52 bits per heavy atom. The molecule has 16 nitrogen and oxygen atoms in total. The summed E-state index contributed by atoms with van der Waals surface area (Å²) in [5, 5.41) is 44.0. The zero-order valence-electron chi connectivity index (χ0n) is 21.5. The lowest BCUT2D eigenvalue weighted by molar-refractivity contribution is -0.395. The van der Waals surface area contributed by atoms with Crippen LogP contribution >= 0.6 is 11.8 Å². The number of rotatable bonds is 13. The van der Waals surface area contributed by atoms with Gasteiger partial charge in [0, 0.05) is 26.5 Å². The third-order valence-electron chi connectivity index (χ3n) is 4.86. The summed E-state index contributed by atoms with van der Waals surface area (Å²) in [4.78, 5) is 56.9. The van der Waals surface area contributed by atoms with E-state index in [1.807, 2.05) is 0 Å². The Balaban J connectivity index is 2.51. The molecule has 0 fully saturated rings. The molecule has 0 aliphatic rings. The average molecular weight is 574 g/mol. The van der Waals surface area contributed by atoms with Crippen LogP contribution in [0.3, 0.4) is 0 Å². The first-order valence-electron chi connectivity index (χ1n) is 11.3. The van der Waals surface area contributed by atoms with Crippen molar-refractivity contribution >= 4 is 63.7 Å². The third-order valence-corrected chi connectivity index (χ3v) is 5.50. The first-order valence-corrected chi connectivity index (χ1v) is 12.1. The van der Waals surface area contributed by atoms with Gasteiger partial charge in [-0.05, 0) is 36.0 Å². The molecule has 0 atom stereocenters. The van der Waals surface area contributed by atoms with Crippen molar-refractivity contribution in [1.29, 1.82) is 5.26 Å². The predicted octanol–water partition coefficient (Wildman–Crippen LogP) is 4.38. The molecule has 0 saturated carbocycles. The number of thiocyanates is 1. The van der Waals surface area contributed by atoms with Gasteiger partial charge >= 0.3 is 17.6 Å². The Morgan fingerprint density at radius 3 is 2.02 bits per heavy atom. The first-order chi connectivity index (χ1) is 18.9. The number of carbonyl (C=O) groups excluding carboxylic acids is 3. The van der Waals surface area contributed by atoms with Gasteiger partial charge in [-0.15, -0.1) is 10.2 Å². The molecule has 17 heteroatoms. The third kappa shape index (κ3) is 9.33. The van der Waals surface area contributed by atoms with Crippen molar-refractivity contribution in [2.45, 2.75) is 25.7 Å². The molecule has 0 aromatic heterocycles. The van der Waals surface area contributed by atoms with Crippen LogP contribution in [0.1, 0.15) is 20.8 Å². The molecule has 2 aromatic carbocycles. The Morgan fingerprint density at radius 1 is 0.950 bits per heavy atom. The van der Waals surface area contributed by atoms with Gasteiger partial charge in [-0.1, -0.05) is 0 Å². The molecule has 1 amide bonds. The highest BCUT2D eigenvalue weighted by Crippen LogP contribution is 2.40. The minimum absolute atomic E-state index is 0.0270. The molecule has 0 bridgehead atoms. The van der Waals surface area contributed by atoms with Crippen LogP contribution in [0.5, 0.6) is 0 Å². The van der Waals surface area contributed by atoms with Crippen LogP contribution in [-0.4, -0.2) is 54.0 Å². The van der Waals surface area contributed by atoms with Crippen LogP contribution in [0.15, 0.2) is 45.5 Å². The summed E-state index contributed by atoms with van der Waals surface area (Å²) in [6.45, 7) is 4.26. The number of benzene rings is 2. The molecule has 0 aliphatic carbocycles. The highest BCUT2D eigenvalue weighted by atomic mass is 32.2. The number of esters is 2. The summed E-state index contributed by atoms with van der Waals surface area (Å²) < 4.78 is 9.99. The van der Waals surface area contributed by atoms with Crippen LogP contribution < -0.4 is 10.2 Å². The molecule has 2 rings (SSSR count). The lowest BCUT2D eigenvalue weighted by atomic mass is 10.2. The SMILES string of the molecule is CC(=O)Nc1cc(N(CCOC(C)=O)CCOC(C)=O)ccc1/N=N/c1cc(SC#N)c([N+](=O)[O-])cc1[N+](=O)[O-]. The fourth-order valence-corrected chi connectivity index (χ4v) is 3.73. The Hall–Kier alpha value is -5.11. The molecule has 0 unspecified atom stereocenters. The summed E-state index contributed by atoms with van der Waals surface area (Å²) in [6, 6.07) is 6.26. The summed E-state index contributed by atoms with van der Waals surface area (Å²) in [7, 11) is 0. The highest BCUT2D eigenvalue weighted by Gasteiger charge is 2.25. The minimum atomic E-state index is -0.871. The summed E-state index contributed by atoms with van der Waals surface area (Å²) in [5.41, 5.74) is -0.928. The maximum absolute atomic E-state index is 11.9. The number of amides is 1. The maximum Gasteiger partial charge on any atom is 0.303 e. The van der Waals surface area contributed by atoms with Crippen LogP contribution in [-0.2, 0) is 23.9 Å². The fraction of sp³-hybridized carbons (Fsp3) is 0.304. The van der Waals surface area contributed by atoms with Crippen molar-refractivity contribution in [2.24, 2.45) is 10.2 Å². The largest absolute Gasteiger partial charge is 0.464 e. The van der Waals surface area contributed by atoms with Crippen molar-refractivity contribution in [3.63, 3.8) is 0 Å². The monoisotopic (exact) mass is 573 g/mol. The fourth-order valence-electron chi connectivity index (χ4n) is 3.22. The molecule has 0 aliphatic heterocycles. The lowest BCUT2D eigenvalue weighted by Crippen LogP contribution is -2.32. The van der Waals surface area contributed by atoms with Gasteiger partial charge < -0.3 is 19.7 Å². The van der Waals surface area contributed by atoms with E-state index < -0.39 is 39.1 Å². The van der Waals surface area contributed by atoms with Gasteiger partial charge in [0.05, 0.1) is 34.7 Å². The van der Waals surface area contributed by atoms with Crippen LogP contribution in [0, 0.1) is 30.9 Å². The van der Waals surface area contributed by atoms with E-state index in [-0.39, 0.29) is 48.3 Å². The van der Waals surface area contributed by atoms with Gasteiger partial charge in [-0.25, -0.2) is 0 Å². The van der Waals surface area contributed by atoms with Gasteiger partial charge in [-0.2, -0.15) is 5.26 Å². The molecular weight excluding hydrogens is 550 g/mol. The molecule has 40 heavy (non-hydrogen) atoms. The Labute approximate surface area is 231 Å². The second-order valence-corrected chi connectivity index (χ2v) is 8.59. The molecule has 0 saturated heterocycles. The number of hydrogen-bond acceptors (Lipinski definition) is 14. The number of nitro benzene ring substituents is 2. The second kappa shape index (κ2) is 14.7. The standard InChI is InChI=1S/C23H23N7O9S/c1-14(31)25-19-10-17(28(6-8-38-15(2)32)7-9-39-16(3)33)4-5-18(19)26-27-20-11-23(40-13-24)22(30(36)37)12-21(20)29(34)35/h4-5,10-12H,6-9H2,1-3H3,(H,25,31)/b27-26+. The quantitative estimate of drug-likeness (QED) is 0.0880. The summed E-state index contributed by atoms with van der Waals surface area (Å²) >= 11 is 0.434. The van der Waals surface area contributed by atoms with Gasteiger partial charge in [0.2, 0.25) is 5.91 Å². The van der Waals surface area contributed by atoms with Crippen molar-refractivity contribution in [3.05, 3.63) is 50.6 Å². The van der Waals surface area contributed by atoms with E-state index in [1.54, 1.807) is 16.4 Å². The number of nitrogens with one attached hydrogen (secondary N) is 1. The average Bonchev–Trinajstić information content (AvgIpc) is 2.86. The predicted molar refractivity (Wildman–Crippen MR) is 142 cm³/mol. The molecule has 0 radical (unpaired) electrons. The number of thioether (sulfide) groups is 1. The van der Waals surface area contributed by atoms with Gasteiger partial charge in [0.1, 0.15) is 29.2 Å². The topological polar surface area (TPSA) is 220 Å². The van der Waals surface area contributed by atoms with Crippen molar-refractivity contribution in [1.82, 2.24) is 0 Å². The number of anilines is 2. The number of azo groups is 1. The number of hydrogen-bond donors (Lipinski definition) is 1. The van der Waals surface area contributed by atoms with E-state index in [1.165, 1.54) is 32.9 Å². The zero-order valence-corrected chi connectivity index (χ0v) is 22.3. The Kier molecular flexibility index (Phi) is 11.5. The zero-order chi connectivity index (χ0) is 29.8. The van der Waals surface area contributed by atoms with Crippen molar-refractivity contribution in [2.75, 3.05) is 36.5 Å². The number of nitriles is 1. The molecule has 0 spiro atoms. The van der Waals surface area contributed by atoms with Crippen LogP contribution in [0.4, 0.5) is 34.1 Å². The summed E-state index contributed by atoms with van der Waals surface area (Å²) in [6.07, 6.45) is 0. The number of ether oxygens (including phenoxy) is 2. The molecular formula is C23H23N7O9S. The Bertz CT molecular complexity index is 1370. The van der Waals surface area contributed by atoms with Gasteiger partial charge in [0.25, 0.3) is 5.69 Å². The number of nitro groups is 2. The number of carbonyl (C=O) groups is 3. The van der Waals surface area contributed by atoms with E-state index in [4.69, 9.17) is 14.7 Å². The van der Waals surface area contributed by atoms with Crippen molar-refractivity contribution < 1.29 is 33.7 Å². The lowest BCUT2D eigenvalue weighted by Gasteiger charge is -2.25. The molecule has 1 N–H and O–H groups in total. The smallest absolute Gasteiger partial charge is 0.303 e. The second-order valence-electron chi connectivity index (χ2n) is 7.77. The first kappa shape index (κ1) is 31.1. The molecule has 0 heterocycles.